The third kappa shape index (κ3) is 3.09. The van der Waals surface area contributed by atoms with Gasteiger partial charge >= 0.3 is 0 Å². The largest absolute Gasteiger partial charge is 0.503 e. The summed E-state index contributed by atoms with van der Waals surface area (Å²) in [7, 11) is 0. The maximum Gasteiger partial charge on any atom is 0.296 e. The van der Waals surface area contributed by atoms with Gasteiger partial charge < -0.3 is 9.52 Å². The number of thiazole rings is 1. The molecule has 166 valence electrons. The summed E-state index contributed by atoms with van der Waals surface area (Å²) >= 11 is 1.09. The molecule has 1 unspecified atom stereocenters. The lowest BCUT2D eigenvalue weighted by molar-refractivity contribution is -0.117. The molecule has 5 aromatic rings. The molecule has 0 aliphatic carbocycles. The van der Waals surface area contributed by atoms with Crippen molar-refractivity contribution in [1.82, 2.24) is 9.97 Å². The van der Waals surface area contributed by atoms with Crippen LogP contribution < -0.4 is 4.90 Å². The molecule has 0 bridgehead atoms. The van der Waals surface area contributed by atoms with Crippen molar-refractivity contribution in [3.8, 4) is 0 Å². The van der Waals surface area contributed by atoms with Crippen molar-refractivity contribution in [3.05, 3.63) is 102 Å². The van der Waals surface area contributed by atoms with Gasteiger partial charge in [0.15, 0.2) is 16.7 Å². The second kappa shape index (κ2) is 7.60. The Hall–Kier alpha value is -4.37. The number of hydrogen-bond donors (Lipinski definition) is 1. The van der Waals surface area contributed by atoms with Crippen LogP contribution in [0.5, 0.6) is 0 Å². The maximum atomic E-state index is 13.7. The van der Waals surface area contributed by atoms with Gasteiger partial charge in [-0.1, -0.05) is 35.6 Å². The highest BCUT2D eigenvalue weighted by molar-refractivity contribution is 7.22. The van der Waals surface area contributed by atoms with Gasteiger partial charge in [-0.3, -0.25) is 19.5 Å². The summed E-state index contributed by atoms with van der Waals surface area (Å²) in [5.74, 6) is -2.53. The Morgan fingerprint density at radius 1 is 1.12 bits per heavy atom. The predicted molar refractivity (Wildman–Crippen MR) is 124 cm³/mol. The van der Waals surface area contributed by atoms with E-state index in [1.54, 1.807) is 42.6 Å². The summed E-state index contributed by atoms with van der Waals surface area (Å²) in [5.41, 5.74) is 1.38. The Labute approximate surface area is 195 Å². The van der Waals surface area contributed by atoms with E-state index in [0.717, 1.165) is 16.7 Å². The minimum absolute atomic E-state index is 0.00217. The lowest BCUT2D eigenvalue weighted by Crippen LogP contribution is -2.31. The van der Waals surface area contributed by atoms with Gasteiger partial charge in [0, 0.05) is 17.8 Å². The first kappa shape index (κ1) is 20.3. The molecule has 2 aromatic carbocycles. The minimum Gasteiger partial charge on any atom is -0.503 e. The Balaban J connectivity index is 1.51. The van der Waals surface area contributed by atoms with Crippen molar-refractivity contribution in [3.63, 3.8) is 0 Å². The first-order chi connectivity index (χ1) is 16.5. The highest BCUT2D eigenvalue weighted by Gasteiger charge is 2.46. The number of para-hydroxylation sites is 1. The van der Waals surface area contributed by atoms with Gasteiger partial charge in [-0.15, -0.1) is 0 Å². The Bertz CT molecular complexity index is 1610. The van der Waals surface area contributed by atoms with E-state index >= 15 is 0 Å². The fraction of sp³-hybridized carbons (Fsp3) is 0.0400. The van der Waals surface area contributed by atoms with Crippen LogP contribution in [0.15, 0.2) is 88.8 Å². The minimum atomic E-state index is -0.993. The Kier molecular flexibility index (Phi) is 4.53. The fourth-order valence-electron chi connectivity index (χ4n) is 4.10. The standard InChI is InChI=1S/C25H14FN3O4S/c26-15-7-8-16-19(11-15)34-25(28-16)29-21(14-5-3-9-27-12-14)20(23(31)24(29)32)22(30)18-10-13-4-1-2-6-17(13)33-18/h1-12,21,31H. The maximum absolute atomic E-state index is 13.7. The number of pyridine rings is 1. The lowest BCUT2D eigenvalue weighted by Gasteiger charge is -2.23. The van der Waals surface area contributed by atoms with Gasteiger partial charge in [0.05, 0.1) is 21.8 Å². The zero-order valence-corrected chi connectivity index (χ0v) is 18.1. The van der Waals surface area contributed by atoms with Crippen molar-refractivity contribution >= 4 is 49.3 Å². The van der Waals surface area contributed by atoms with Crippen molar-refractivity contribution in [2.24, 2.45) is 0 Å². The fourth-order valence-corrected chi connectivity index (χ4v) is 5.12. The van der Waals surface area contributed by atoms with Crippen LogP contribution in [0.3, 0.4) is 0 Å². The van der Waals surface area contributed by atoms with Gasteiger partial charge in [-0.2, -0.15) is 0 Å². The van der Waals surface area contributed by atoms with Crippen LogP contribution in [0.1, 0.15) is 22.2 Å². The number of halogens is 1. The number of nitrogens with zero attached hydrogens (tertiary/aromatic N) is 3. The average molecular weight is 471 g/mol. The number of ketones is 1. The SMILES string of the molecule is O=C(C1=C(O)C(=O)N(c2nc3ccc(F)cc3s2)C1c1cccnc1)c1cc2ccccc2o1. The van der Waals surface area contributed by atoms with E-state index in [2.05, 4.69) is 9.97 Å². The van der Waals surface area contributed by atoms with Gasteiger partial charge in [0.1, 0.15) is 11.4 Å². The normalized spacial score (nSPS) is 16.2. The van der Waals surface area contributed by atoms with E-state index in [0.29, 0.717) is 21.4 Å². The molecule has 0 spiro atoms. The van der Waals surface area contributed by atoms with E-state index < -0.39 is 29.3 Å². The molecule has 3 aromatic heterocycles. The number of hydrogen-bond acceptors (Lipinski definition) is 7. The molecule has 34 heavy (non-hydrogen) atoms. The van der Waals surface area contributed by atoms with Gasteiger partial charge in [0.25, 0.3) is 5.91 Å². The van der Waals surface area contributed by atoms with E-state index in [1.807, 2.05) is 6.07 Å². The van der Waals surface area contributed by atoms with E-state index in [4.69, 9.17) is 4.42 Å². The molecule has 7 nitrogen and oxygen atoms in total. The molecule has 0 radical (unpaired) electrons. The smallest absolute Gasteiger partial charge is 0.296 e. The summed E-state index contributed by atoms with van der Waals surface area (Å²) in [4.78, 5) is 36.7. The number of carbonyl (C=O) groups is 2. The second-order valence-electron chi connectivity index (χ2n) is 7.71. The Morgan fingerprint density at radius 3 is 2.76 bits per heavy atom. The number of carbonyl (C=O) groups excluding carboxylic acids is 2. The van der Waals surface area contributed by atoms with Crippen molar-refractivity contribution < 1.29 is 23.5 Å². The molecule has 1 aliphatic rings. The number of fused-ring (bicyclic) bond motifs is 2. The number of furan rings is 1. The van der Waals surface area contributed by atoms with Crippen molar-refractivity contribution in [1.29, 1.82) is 0 Å². The molecule has 1 N–H and O–H groups in total. The summed E-state index contributed by atoms with van der Waals surface area (Å²) in [6.07, 6.45) is 3.08. The van der Waals surface area contributed by atoms with Crippen molar-refractivity contribution in [2.45, 2.75) is 6.04 Å². The highest BCUT2D eigenvalue weighted by atomic mass is 32.1. The van der Waals surface area contributed by atoms with E-state index in [1.165, 1.54) is 29.3 Å². The molecular formula is C25H14FN3O4S. The lowest BCUT2D eigenvalue weighted by atomic mass is 9.96. The Morgan fingerprint density at radius 2 is 1.97 bits per heavy atom. The number of aliphatic hydroxyl groups excluding tert-OH is 1. The molecule has 0 fully saturated rings. The van der Waals surface area contributed by atoms with Crippen LogP contribution in [-0.4, -0.2) is 26.8 Å². The highest BCUT2D eigenvalue weighted by Crippen LogP contribution is 2.44. The second-order valence-corrected chi connectivity index (χ2v) is 8.72. The molecule has 6 rings (SSSR count). The summed E-state index contributed by atoms with van der Waals surface area (Å²) in [6.45, 7) is 0. The van der Waals surface area contributed by atoms with Crippen LogP contribution in [0.25, 0.3) is 21.2 Å². The van der Waals surface area contributed by atoms with E-state index in [9.17, 15) is 19.1 Å². The van der Waals surface area contributed by atoms with E-state index in [-0.39, 0.29) is 16.5 Å². The molecule has 0 saturated carbocycles. The number of benzene rings is 2. The molecule has 9 heteroatoms. The number of aliphatic hydroxyl groups is 1. The van der Waals surface area contributed by atoms with Crippen LogP contribution in [0.2, 0.25) is 0 Å². The third-order valence-corrected chi connectivity index (χ3v) is 6.66. The number of anilines is 1. The topological polar surface area (TPSA) is 96.5 Å². The van der Waals surface area contributed by atoms with Crippen molar-refractivity contribution in [2.75, 3.05) is 4.90 Å². The summed E-state index contributed by atoms with van der Waals surface area (Å²) in [5, 5.41) is 11.8. The molecule has 1 atom stereocenters. The van der Waals surface area contributed by atoms with Gasteiger partial charge in [-0.25, -0.2) is 9.37 Å². The first-order valence-electron chi connectivity index (χ1n) is 10.3. The summed E-state index contributed by atoms with van der Waals surface area (Å²) < 4.78 is 20.0. The molecule has 1 amide bonds. The predicted octanol–water partition coefficient (Wildman–Crippen LogP) is 5.36. The average Bonchev–Trinajstić information content (AvgIpc) is 3.53. The summed E-state index contributed by atoms with van der Waals surface area (Å²) in [6, 6.07) is 15.2. The van der Waals surface area contributed by atoms with Gasteiger partial charge in [0.2, 0.25) is 5.78 Å². The zero-order chi connectivity index (χ0) is 23.4. The van der Waals surface area contributed by atoms with Gasteiger partial charge in [-0.05, 0) is 42.0 Å². The zero-order valence-electron chi connectivity index (χ0n) is 17.3. The quantitative estimate of drug-likeness (QED) is 0.355. The number of rotatable bonds is 4. The molecular weight excluding hydrogens is 457 g/mol. The monoisotopic (exact) mass is 471 g/mol. The molecule has 4 heterocycles. The molecule has 1 aliphatic heterocycles. The number of aromatic nitrogens is 2. The van der Waals surface area contributed by atoms with Crippen LogP contribution in [0, 0.1) is 5.82 Å². The number of amides is 1. The van der Waals surface area contributed by atoms with Crippen LogP contribution in [0.4, 0.5) is 9.52 Å². The number of Topliss-reactive ketones (excluding diaryl/α,β-unsaturated/α-hetero) is 1. The third-order valence-electron chi connectivity index (χ3n) is 5.65. The van der Waals surface area contributed by atoms with Crippen LogP contribution in [-0.2, 0) is 4.79 Å². The molecule has 0 saturated heterocycles. The first-order valence-corrected chi connectivity index (χ1v) is 11.1. The van der Waals surface area contributed by atoms with Crippen LogP contribution >= 0.6 is 11.3 Å².